The van der Waals surface area contributed by atoms with Crippen LogP contribution in [-0.2, 0) is 14.3 Å². The van der Waals surface area contributed by atoms with Crippen molar-refractivity contribution in [2.45, 2.75) is 78.2 Å². The Morgan fingerprint density at radius 3 is 2.50 bits per heavy atom. The Morgan fingerprint density at radius 1 is 1.12 bits per heavy atom. The molecule has 2 bridgehead atoms. The quantitative estimate of drug-likeness (QED) is 0.578. The standard InChI is InChI=1S/C22H32O4/c1-13-15-6-7-17-20(3)9-5-10-21(4,19(24)25)16(20)8-11-22(17,12-15)18(13)26-14(2)23/h15-18H,1,5-12H2,2-4H3,(H,24,25). The Bertz CT molecular complexity index is 669. The van der Waals surface area contributed by atoms with Gasteiger partial charge in [-0.25, -0.2) is 0 Å². The molecule has 0 saturated heterocycles. The normalized spacial score (nSPS) is 49.9. The van der Waals surface area contributed by atoms with Crippen LogP contribution >= 0.6 is 0 Å². The average molecular weight is 360 g/mol. The van der Waals surface area contributed by atoms with Gasteiger partial charge in [0.2, 0.25) is 0 Å². The second-order valence-electron chi connectivity index (χ2n) is 10.0. The molecule has 0 aliphatic heterocycles. The Kier molecular flexibility index (Phi) is 3.88. The summed E-state index contributed by atoms with van der Waals surface area (Å²) in [5.41, 5.74) is 0.477. The zero-order valence-electron chi connectivity index (χ0n) is 16.3. The van der Waals surface area contributed by atoms with E-state index in [1.807, 2.05) is 6.92 Å². The van der Waals surface area contributed by atoms with Crippen LogP contribution in [0.2, 0.25) is 0 Å². The van der Waals surface area contributed by atoms with Crippen LogP contribution in [0.25, 0.3) is 0 Å². The maximum absolute atomic E-state index is 12.2. The topological polar surface area (TPSA) is 63.6 Å². The average Bonchev–Trinajstić information content (AvgIpc) is 2.75. The van der Waals surface area contributed by atoms with E-state index in [4.69, 9.17) is 4.74 Å². The third-order valence-corrected chi connectivity index (χ3v) is 8.95. The molecule has 7 atom stereocenters. The van der Waals surface area contributed by atoms with Crippen molar-refractivity contribution in [3.63, 3.8) is 0 Å². The summed E-state index contributed by atoms with van der Waals surface area (Å²) < 4.78 is 5.87. The molecule has 0 radical (unpaired) electrons. The van der Waals surface area contributed by atoms with Crippen LogP contribution in [0, 0.1) is 34.0 Å². The summed E-state index contributed by atoms with van der Waals surface area (Å²) in [7, 11) is 0. The van der Waals surface area contributed by atoms with Crippen LogP contribution < -0.4 is 0 Å². The molecule has 4 saturated carbocycles. The van der Waals surface area contributed by atoms with Gasteiger partial charge in [0.25, 0.3) is 0 Å². The second-order valence-corrected chi connectivity index (χ2v) is 10.0. The largest absolute Gasteiger partial charge is 0.481 e. The summed E-state index contributed by atoms with van der Waals surface area (Å²) in [5.74, 6) is 0.242. The maximum Gasteiger partial charge on any atom is 0.309 e. The number of fused-ring (bicyclic) bond motifs is 3. The number of carbonyl (C=O) groups is 2. The number of esters is 1. The molecule has 0 aromatic rings. The highest BCUT2D eigenvalue weighted by atomic mass is 16.5. The van der Waals surface area contributed by atoms with Crippen molar-refractivity contribution in [1.29, 1.82) is 0 Å². The van der Waals surface area contributed by atoms with E-state index in [1.54, 1.807) is 0 Å². The summed E-state index contributed by atoms with van der Waals surface area (Å²) in [4.78, 5) is 24.0. The third-order valence-electron chi connectivity index (χ3n) is 8.95. The molecule has 4 nitrogen and oxygen atoms in total. The summed E-state index contributed by atoms with van der Waals surface area (Å²) in [6.07, 6.45) is 7.86. The molecule has 26 heavy (non-hydrogen) atoms. The number of rotatable bonds is 2. The van der Waals surface area contributed by atoms with Gasteiger partial charge in [0.1, 0.15) is 6.10 Å². The first kappa shape index (κ1) is 18.1. The minimum absolute atomic E-state index is 0.0115. The van der Waals surface area contributed by atoms with Crippen LogP contribution in [0.1, 0.15) is 72.1 Å². The lowest BCUT2D eigenvalue weighted by molar-refractivity contribution is -0.195. The molecule has 4 heteroatoms. The number of carbonyl (C=O) groups excluding carboxylic acids is 1. The fourth-order valence-corrected chi connectivity index (χ4v) is 7.95. The fraction of sp³-hybridized carbons (Fsp3) is 0.818. The van der Waals surface area contributed by atoms with E-state index in [9.17, 15) is 14.7 Å². The van der Waals surface area contributed by atoms with Gasteiger partial charge in [-0.3, -0.25) is 9.59 Å². The number of ether oxygens (including phenoxy) is 1. The lowest BCUT2D eigenvalue weighted by Gasteiger charge is -2.63. The van der Waals surface area contributed by atoms with Crippen LogP contribution in [0.3, 0.4) is 0 Å². The number of hydrogen-bond acceptors (Lipinski definition) is 3. The van der Waals surface area contributed by atoms with E-state index in [0.29, 0.717) is 11.8 Å². The number of hydrogen-bond donors (Lipinski definition) is 1. The maximum atomic E-state index is 12.2. The van der Waals surface area contributed by atoms with Crippen molar-refractivity contribution in [2.24, 2.45) is 34.0 Å². The molecule has 4 aliphatic carbocycles. The highest BCUT2D eigenvalue weighted by Crippen LogP contribution is 2.72. The van der Waals surface area contributed by atoms with Crippen molar-refractivity contribution in [1.82, 2.24) is 0 Å². The van der Waals surface area contributed by atoms with E-state index in [2.05, 4.69) is 13.5 Å². The van der Waals surface area contributed by atoms with Gasteiger partial charge in [-0.15, -0.1) is 0 Å². The monoisotopic (exact) mass is 360 g/mol. The van der Waals surface area contributed by atoms with Gasteiger partial charge < -0.3 is 9.84 Å². The lowest BCUT2D eigenvalue weighted by atomic mass is 9.40. The summed E-state index contributed by atoms with van der Waals surface area (Å²) in [5, 5.41) is 10.0. The smallest absolute Gasteiger partial charge is 0.309 e. The van der Waals surface area contributed by atoms with Crippen molar-refractivity contribution in [3.05, 3.63) is 12.2 Å². The predicted molar refractivity (Wildman–Crippen MR) is 98.4 cm³/mol. The lowest BCUT2D eigenvalue weighted by Crippen LogP contribution is -2.60. The van der Waals surface area contributed by atoms with E-state index in [1.165, 1.54) is 6.92 Å². The third kappa shape index (κ3) is 2.13. The van der Waals surface area contributed by atoms with Gasteiger partial charge in [-0.1, -0.05) is 19.9 Å². The Hall–Kier alpha value is -1.32. The van der Waals surface area contributed by atoms with Crippen LogP contribution in [0.5, 0.6) is 0 Å². The minimum Gasteiger partial charge on any atom is -0.481 e. The van der Waals surface area contributed by atoms with Crippen LogP contribution in [0.15, 0.2) is 12.2 Å². The van der Waals surface area contributed by atoms with Crippen molar-refractivity contribution >= 4 is 11.9 Å². The Morgan fingerprint density at radius 2 is 1.85 bits per heavy atom. The molecule has 0 heterocycles. The number of carboxylic acid groups (broad SMARTS) is 1. The van der Waals surface area contributed by atoms with Gasteiger partial charge in [-0.05, 0) is 80.6 Å². The van der Waals surface area contributed by atoms with Crippen molar-refractivity contribution in [2.75, 3.05) is 0 Å². The first-order chi connectivity index (χ1) is 12.1. The molecule has 7 unspecified atom stereocenters. The Labute approximate surface area is 156 Å². The minimum atomic E-state index is -0.634. The highest BCUT2D eigenvalue weighted by molar-refractivity contribution is 5.75. The fourth-order valence-electron chi connectivity index (χ4n) is 7.95. The molecule has 0 amide bonds. The molecule has 4 fully saturated rings. The molecule has 1 spiro atoms. The second kappa shape index (κ2) is 5.59. The molecule has 0 aromatic heterocycles. The zero-order chi connectivity index (χ0) is 18.9. The van der Waals surface area contributed by atoms with E-state index >= 15 is 0 Å². The molecule has 0 aromatic carbocycles. The van der Waals surface area contributed by atoms with E-state index < -0.39 is 11.4 Å². The molecular formula is C22H32O4. The van der Waals surface area contributed by atoms with Gasteiger partial charge >= 0.3 is 11.9 Å². The number of carboxylic acids is 1. The van der Waals surface area contributed by atoms with E-state index in [-0.39, 0.29) is 28.8 Å². The first-order valence-corrected chi connectivity index (χ1v) is 10.2. The SMILES string of the molecule is C=C1C2CCC3C4(C)CCCC(C)(C(=O)O)C4CCC3(C2)C1OC(C)=O. The Balaban J connectivity index is 1.77. The molecule has 4 aliphatic rings. The van der Waals surface area contributed by atoms with Gasteiger partial charge in [0.15, 0.2) is 0 Å². The first-order valence-electron chi connectivity index (χ1n) is 10.2. The number of aliphatic carboxylic acids is 1. The van der Waals surface area contributed by atoms with Crippen molar-refractivity contribution < 1.29 is 19.4 Å². The molecule has 144 valence electrons. The summed E-state index contributed by atoms with van der Waals surface area (Å²) in [6.45, 7) is 10.1. The molecule has 4 rings (SSSR count). The molecule has 1 N–H and O–H groups in total. The van der Waals surface area contributed by atoms with Crippen LogP contribution in [0.4, 0.5) is 0 Å². The van der Waals surface area contributed by atoms with Gasteiger partial charge in [0.05, 0.1) is 5.41 Å². The van der Waals surface area contributed by atoms with Gasteiger partial charge in [0, 0.05) is 12.3 Å². The highest BCUT2D eigenvalue weighted by Gasteiger charge is 2.68. The van der Waals surface area contributed by atoms with E-state index in [0.717, 1.165) is 56.9 Å². The summed E-state index contributed by atoms with van der Waals surface area (Å²) >= 11 is 0. The van der Waals surface area contributed by atoms with Crippen molar-refractivity contribution in [3.8, 4) is 0 Å². The summed E-state index contributed by atoms with van der Waals surface area (Å²) in [6, 6.07) is 0. The van der Waals surface area contributed by atoms with Gasteiger partial charge in [-0.2, -0.15) is 0 Å². The van der Waals surface area contributed by atoms with Crippen LogP contribution in [-0.4, -0.2) is 23.1 Å². The zero-order valence-corrected chi connectivity index (χ0v) is 16.3. The molecular weight excluding hydrogens is 328 g/mol. The predicted octanol–water partition coefficient (Wildman–Crippen LogP) is 4.58.